The Morgan fingerprint density at radius 2 is 2.38 bits per heavy atom. The number of nitrogens with one attached hydrogen (secondary N) is 1. The molecule has 1 N–H and O–H groups in total. The zero-order valence-corrected chi connectivity index (χ0v) is 10.4. The van der Waals surface area contributed by atoms with E-state index >= 15 is 0 Å². The van der Waals surface area contributed by atoms with Crippen LogP contribution >= 0.6 is 11.3 Å². The maximum atomic E-state index is 4.36. The number of aromatic nitrogens is 3. The number of nitrogens with zero attached hydrogens (tertiary/aromatic N) is 3. The first-order valence-corrected chi connectivity index (χ1v) is 6.35. The maximum absolute atomic E-state index is 4.36. The van der Waals surface area contributed by atoms with Crippen molar-refractivity contribution >= 4 is 11.3 Å². The molecule has 0 aromatic carbocycles. The zero-order chi connectivity index (χ0) is 11.4. The molecule has 2 heterocycles. The van der Waals surface area contributed by atoms with Gasteiger partial charge in [-0.25, -0.2) is 9.67 Å². The summed E-state index contributed by atoms with van der Waals surface area (Å²) in [6.45, 7) is 6.17. The van der Waals surface area contributed by atoms with Gasteiger partial charge in [-0.15, -0.1) is 11.3 Å². The molecule has 0 atom stereocenters. The van der Waals surface area contributed by atoms with Crippen LogP contribution in [0.1, 0.15) is 24.6 Å². The molecule has 0 radical (unpaired) electrons. The molecule has 2 aromatic rings. The Morgan fingerprint density at radius 1 is 1.50 bits per heavy atom. The standard InChI is InChI=1S/C11H16N4S/c1-3-4-12-7-10-8-14-15(9(10)2)11-13-5-6-16-11/h5-6,8,12H,3-4,7H2,1-2H3. The van der Waals surface area contributed by atoms with E-state index in [2.05, 4.69) is 29.2 Å². The van der Waals surface area contributed by atoms with Crippen molar-refractivity contribution in [3.8, 4) is 5.13 Å². The van der Waals surface area contributed by atoms with Gasteiger partial charge < -0.3 is 5.32 Å². The third-order valence-corrected chi connectivity index (χ3v) is 3.20. The summed E-state index contributed by atoms with van der Waals surface area (Å²) in [6, 6.07) is 0. The predicted molar refractivity (Wildman–Crippen MR) is 66.0 cm³/mol. The van der Waals surface area contributed by atoms with Gasteiger partial charge in [0, 0.05) is 29.4 Å². The van der Waals surface area contributed by atoms with Crippen molar-refractivity contribution in [2.75, 3.05) is 6.54 Å². The summed E-state index contributed by atoms with van der Waals surface area (Å²) in [5.41, 5.74) is 2.40. The van der Waals surface area contributed by atoms with E-state index in [1.165, 1.54) is 11.3 Å². The largest absolute Gasteiger partial charge is 0.313 e. The van der Waals surface area contributed by atoms with Crippen molar-refractivity contribution in [3.63, 3.8) is 0 Å². The topological polar surface area (TPSA) is 42.7 Å². The van der Waals surface area contributed by atoms with E-state index in [1.54, 1.807) is 17.5 Å². The van der Waals surface area contributed by atoms with E-state index in [-0.39, 0.29) is 0 Å². The van der Waals surface area contributed by atoms with Crippen LogP contribution in [0.4, 0.5) is 0 Å². The molecule has 0 aliphatic carbocycles. The van der Waals surface area contributed by atoms with E-state index in [9.17, 15) is 0 Å². The van der Waals surface area contributed by atoms with Crippen LogP contribution in [-0.2, 0) is 6.54 Å². The zero-order valence-electron chi connectivity index (χ0n) is 9.60. The van der Waals surface area contributed by atoms with E-state index in [1.807, 2.05) is 16.3 Å². The molecule has 0 saturated carbocycles. The second-order valence-corrected chi connectivity index (χ2v) is 4.53. The quantitative estimate of drug-likeness (QED) is 0.809. The summed E-state index contributed by atoms with van der Waals surface area (Å²) < 4.78 is 1.90. The maximum Gasteiger partial charge on any atom is 0.210 e. The average molecular weight is 236 g/mol. The molecule has 2 aromatic heterocycles. The second-order valence-electron chi connectivity index (χ2n) is 3.66. The predicted octanol–water partition coefficient (Wildman–Crippen LogP) is 2.14. The molecule has 2 rings (SSSR count). The van der Waals surface area contributed by atoms with Gasteiger partial charge >= 0.3 is 0 Å². The highest BCUT2D eigenvalue weighted by Gasteiger charge is 2.08. The van der Waals surface area contributed by atoms with Crippen LogP contribution in [0.2, 0.25) is 0 Å². The molecule has 0 amide bonds. The highest BCUT2D eigenvalue weighted by Crippen LogP contribution is 2.15. The fraction of sp³-hybridized carbons (Fsp3) is 0.455. The van der Waals surface area contributed by atoms with Gasteiger partial charge in [-0.3, -0.25) is 0 Å². The highest BCUT2D eigenvalue weighted by molar-refractivity contribution is 7.12. The first kappa shape index (κ1) is 11.3. The number of thiazole rings is 1. The Morgan fingerprint density at radius 3 is 3.06 bits per heavy atom. The summed E-state index contributed by atoms with van der Waals surface area (Å²) in [4.78, 5) is 4.26. The fourth-order valence-electron chi connectivity index (χ4n) is 1.53. The van der Waals surface area contributed by atoms with Crippen LogP contribution in [0.15, 0.2) is 17.8 Å². The second kappa shape index (κ2) is 5.23. The molecule has 0 aliphatic heterocycles. The van der Waals surface area contributed by atoms with Crippen LogP contribution in [0.5, 0.6) is 0 Å². The van der Waals surface area contributed by atoms with Gasteiger partial charge in [-0.2, -0.15) is 5.10 Å². The Kier molecular flexibility index (Phi) is 3.69. The third-order valence-electron chi connectivity index (χ3n) is 2.45. The van der Waals surface area contributed by atoms with Crippen molar-refractivity contribution in [1.29, 1.82) is 0 Å². The van der Waals surface area contributed by atoms with Gasteiger partial charge in [-0.05, 0) is 19.9 Å². The third kappa shape index (κ3) is 2.31. The van der Waals surface area contributed by atoms with Crippen LogP contribution in [0, 0.1) is 6.92 Å². The molecule has 0 unspecified atom stereocenters. The average Bonchev–Trinajstić information content (AvgIpc) is 2.89. The molecule has 0 fully saturated rings. The van der Waals surface area contributed by atoms with E-state index in [0.29, 0.717) is 0 Å². The Balaban J connectivity index is 2.12. The Hall–Kier alpha value is -1.20. The lowest BCUT2D eigenvalue weighted by atomic mass is 10.2. The lowest BCUT2D eigenvalue weighted by Crippen LogP contribution is -2.14. The van der Waals surface area contributed by atoms with Crippen LogP contribution in [-0.4, -0.2) is 21.3 Å². The van der Waals surface area contributed by atoms with Crippen molar-refractivity contribution in [3.05, 3.63) is 29.0 Å². The smallest absolute Gasteiger partial charge is 0.210 e. The van der Waals surface area contributed by atoms with Crippen molar-refractivity contribution in [2.24, 2.45) is 0 Å². The minimum atomic E-state index is 0.880. The first-order chi connectivity index (χ1) is 7.83. The molecular formula is C11H16N4S. The molecule has 16 heavy (non-hydrogen) atoms. The Bertz CT molecular complexity index is 433. The SMILES string of the molecule is CCCNCc1cnn(-c2nccs2)c1C. The fourth-order valence-corrected chi connectivity index (χ4v) is 2.18. The molecule has 0 saturated heterocycles. The van der Waals surface area contributed by atoms with E-state index in [0.717, 1.165) is 24.6 Å². The Labute approximate surface area is 99.3 Å². The lowest BCUT2D eigenvalue weighted by Gasteiger charge is -2.03. The van der Waals surface area contributed by atoms with Gasteiger partial charge in [0.25, 0.3) is 0 Å². The minimum absolute atomic E-state index is 0.880. The molecule has 0 aliphatic rings. The summed E-state index contributed by atoms with van der Waals surface area (Å²) in [7, 11) is 0. The van der Waals surface area contributed by atoms with Crippen molar-refractivity contribution in [2.45, 2.75) is 26.8 Å². The van der Waals surface area contributed by atoms with Crippen LogP contribution in [0.3, 0.4) is 0 Å². The minimum Gasteiger partial charge on any atom is -0.313 e. The van der Waals surface area contributed by atoms with Gasteiger partial charge in [0.2, 0.25) is 5.13 Å². The number of rotatable bonds is 5. The summed E-state index contributed by atoms with van der Waals surface area (Å²) in [6.07, 6.45) is 4.87. The molecule has 5 heteroatoms. The van der Waals surface area contributed by atoms with Gasteiger partial charge in [0.1, 0.15) is 0 Å². The van der Waals surface area contributed by atoms with Crippen LogP contribution in [0.25, 0.3) is 5.13 Å². The first-order valence-electron chi connectivity index (χ1n) is 5.47. The van der Waals surface area contributed by atoms with Crippen molar-refractivity contribution < 1.29 is 0 Å². The van der Waals surface area contributed by atoms with Gasteiger partial charge in [0.05, 0.1) is 6.20 Å². The molecule has 86 valence electrons. The van der Waals surface area contributed by atoms with Crippen LogP contribution < -0.4 is 5.32 Å². The van der Waals surface area contributed by atoms with Crippen molar-refractivity contribution in [1.82, 2.24) is 20.1 Å². The number of hydrogen-bond donors (Lipinski definition) is 1. The molecular weight excluding hydrogens is 220 g/mol. The molecule has 0 spiro atoms. The summed E-state index contributed by atoms with van der Waals surface area (Å²) >= 11 is 1.60. The highest BCUT2D eigenvalue weighted by atomic mass is 32.1. The van der Waals surface area contributed by atoms with Gasteiger partial charge in [-0.1, -0.05) is 6.92 Å². The van der Waals surface area contributed by atoms with Gasteiger partial charge in [0.15, 0.2) is 0 Å². The monoisotopic (exact) mass is 236 g/mol. The van der Waals surface area contributed by atoms with E-state index in [4.69, 9.17) is 0 Å². The lowest BCUT2D eigenvalue weighted by molar-refractivity contribution is 0.672. The summed E-state index contributed by atoms with van der Waals surface area (Å²) in [5.74, 6) is 0. The van der Waals surface area contributed by atoms with E-state index < -0.39 is 0 Å². The molecule has 0 bridgehead atoms. The normalized spacial score (nSPS) is 10.9. The summed E-state index contributed by atoms with van der Waals surface area (Å²) in [5, 5.41) is 10.6. The molecule has 4 nitrogen and oxygen atoms in total. The number of hydrogen-bond acceptors (Lipinski definition) is 4.